The van der Waals surface area contributed by atoms with Crippen molar-refractivity contribution in [1.29, 1.82) is 0 Å². The molecule has 0 N–H and O–H groups in total. The van der Waals surface area contributed by atoms with E-state index in [0.717, 1.165) is 0 Å². The molecule has 0 saturated heterocycles. The number of fused-ring (bicyclic) bond motifs is 3. The molecule has 0 aliphatic carbocycles. The fourth-order valence-corrected chi connectivity index (χ4v) is 3.10. The quantitative estimate of drug-likeness (QED) is 0.512. The Kier molecular flexibility index (Phi) is 1.68. The Bertz CT molecular complexity index is 661. The highest BCUT2D eigenvalue weighted by Crippen LogP contribution is 2.21. The van der Waals surface area contributed by atoms with Crippen LogP contribution in [0.3, 0.4) is 0 Å². The highest BCUT2D eigenvalue weighted by atomic mass is 32.1. The second-order valence-corrected chi connectivity index (χ2v) is 4.88. The summed E-state index contributed by atoms with van der Waals surface area (Å²) < 4.78 is 4.58. The van der Waals surface area contributed by atoms with Crippen LogP contribution in [-0.2, 0) is 7.05 Å². The molecular weight excluding hydrogens is 204 g/mol. The SMILES string of the molecule is Cc1ccc2c(c1)n1c(C)csc1[n+]2C. The van der Waals surface area contributed by atoms with Gasteiger partial charge in [-0.15, -0.1) is 0 Å². The van der Waals surface area contributed by atoms with Crippen molar-refractivity contribution >= 4 is 27.3 Å². The molecule has 76 valence electrons. The first-order chi connectivity index (χ1) is 7.18. The van der Waals surface area contributed by atoms with Crippen LogP contribution in [0.4, 0.5) is 0 Å². The van der Waals surface area contributed by atoms with Gasteiger partial charge in [0.25, 0.3) is 0 Å². The van der Waals surface area contributed by atoms with Crippen LogP contribution in [0.5, 0.6) is 0 Å². The maximum atomic E-state index is 2.33. The van der Waals surface area contributed by atoms with Gasteiger partial charge in [-0.05, 0) is 31.5 Å². The maximum Gasteiger partial charge on any atom is 0.346 e. The van der Waals surface area contributed by atoms with Gasteiger partial charge in [0, 0.05) is 5.38 Å². The molecule has 0 atom stereocenters. The third-order valence-electron chi connectivity index (χ3n) is 2.90. The van der Waals surface area contributed by atoms with Gasteiger partial charge in [-0.3, -0.25) is 0 Å². The number of benzene rings is 1. The number of nitrogens with zero attached hydrogens (tertiary/aromatic N) is 2. The highest BCUT2D eigenvalue weighted by Gasteiger charge is 2.19. The van der Waals surface area contributed by atoms with Crippen molar-refractivity contribution in [3.8, 4) is 0 Å². The van der Waals surface area contributed by atoms with E-state index >= 15 is 0 Å². The molecule has 3 aromatic rings. The molecular formula is C12H13N2S+. The molecule has 0 aliphatic heterocycles. The number of rotatable bonds is 0. The molecule has 3 heteroatoms. The van der Waals surface area contributed by atoms with E-state index in [1.165, 1.54) is 27.3 Å². The number of imidazole rings is 1. The lowest BCUT2D eigenvalue weighted by Crippen LogP contribution is -2.25. The van der Waals surface area contributed by atoms with E-state index in [4.69, 9.17) is 0 Å². The van der Waals surface area contributed by atoms with Gasteiger partial charge in [-0.2, -0.15) is 4.40 Å². The number of aromatic nitrogens is 2. The van der Waals surface area contributed by atoms with Gasteiger partial charge in [0.1, 0.15) is 5.69 Å². The Balaban J connectivity index is 2.65. The van der Waals surface area contributed by atoms with E-state index in [1.54, 1.807) is 11.3 Å². The van der Waals surface area contributed by atoms with Crippen LogP contribution in [0.25, 0.3) is 16.0 Å². The van der Waals surface area contributed by atoms with Gasteiger partial charge in [-0.1, -0.05) is 17.4 Å². The smallest absolute Gasteiger partial charge is 0.216 e. The first-order valence-electron chi connectivity index (χ1n) is 5.03. The summed E-state index contributed by atoms with van der Waals surface area (Å²) in [5.74, 6) is 0. The van der Waals surface area contributed by atoms with Gasteiger partial charge in [-0.25, -0.2) is 4.57 Å². The van der Waals surface area contributed by atoms with E-state index in [9.17, 15) is 0 Å². The molecule has 0 radical (unpaired) electrons. The molecule has 0 saturated carbocycles. The van der Waals surface area contributed by atoms with E-state index in [2.05, 4.69) is 53.4 Å². The van der Waals surface area contributed by atoms with Gasteiger partial charge in [0.05, 0.1) is 7.05 Å². The van der Waals surface area contributed by atoms with E-state index in [1.807, 2.05) is 0 Å². The summed E-state index contributed by atoms with van der Waals surface area (Å²) in [5, 5.41) is 2.21. The Morgan fingerprint density at radius 2 is 2.07 bits per heavy atom. The zero-order valence-electron chi connectivity index (χ0n) is 9.11. The lowest BCUT2D eigenvalue weighted by Gasteiger charge is -1.90. The molecule has 2 aromatic heterocycles. The topological polar surface area (TPSA) is 8.29 Å². The fraction of sp³-hybridized carbons (Fsp3) is 0.250. The molecule has 0 fully saturated rings. The molecule has 2 heterocycles. The first-order valence-corrected chi connectivity index (χ1v) is 5.91. The van der Waals surface area contributed by atoms with Crippen LogP contribution < -0.4 is 4.57 Å². The summed E-state index contributed by atoms with van der Waals surface area (Å²) >= 11 is 1.80. The molecule has 0 aliphatic rings. The van der Waals surface area contributed by atoms with Crippen molar-refractivity contribution in [2.24, 2.45) is 7.05 Å². The third kappa shape index (κ3) is 1.07. The van der Waals surface area contributed by atoms with Gasteiger partial charge >= 0.3 is 4.96 Å². The van der Waals surface area contributed by atoms with Crippen molar-refractivity contribution in [3.63, 3.8) is 0 Å². The van der Waals surface area contributed by atoms with Gasteiger partial charge in [0.2, 0.25) is 0 Å². The second kappa shape index (κ2) is 2.83. The van der Waals surface area contributed by atoms with Crippen molar-refractivity contribution in [3.05, 3.63) is 34.8 Å². The summed E-state index contributed by atoms with van der Waals surface area (Å²) in [6.45, 7) is 4.30. The van der Waals surface area contributed by atoms with Gasteiger partial charge in [0.15, 0.2) is 11.0 Å². The molecule has 2 nitrogen and oxygen atoms in total. The highest BCUT2D eigenvalue weighted by molar-refractivity contribution is 7.14. The van der Waals surface area contributed by atoms with Crippen molar-refractivity contribution in [2.75, 3.05) is 0 Å². The lowest BCUT2D eigenvalue weighted by molar-refractivity contribution is -0.616. The molecule has 0 spiro atoms. The summed E-state index contributed by atoms with van der Waals surface area (Å²) in [6, 6.07) is 6.62. The minimum absolute atomic E-state index is 1.30. The van der Waals surface area contributed by atoms with E-state index in [-0.39, 0.29) is 0 Å². The normalized spacial score (nSPS) is 11.7. The summed E-state index contributed by atoms with van der Waals surface area (Å²) in [4.78, 5) is 1.30. The second-order valence-electron chi connectivity index (χ2n) is 4.05. The minimum Gasteiger partial charge on any atom is -0.216 e. The minimum atomic E-state index is 1.30. The predicted octanol–water partition coefficient (Wildman–Crippen LogP) is 2.60. The van der Waals surface area contributed by atoms with E-state index < -0.39 is 0 Å². The Morgan fingerprint density at radius 3 is 2.87 bits per heavy atom. The predicted molar refractivity (Wildman–Crippen MR) is 63.4 cm³/mol. The number of thiazole rings is 1. The van der Waals surface area contributed by atoms with Gasteiger partial charge < -0.3 is 0 Å². The summed E-state index contributed by atoms with van der Waals surface area (Å²) in [7, 11) is 2.13. The monoisotopic (exact) mass is 217 g/mol. The Labute approximate surface area is 92.4 Å². The zero-order chi connectivity index (χ0) is 10.6. The first kappa shape index (κ1) is 8.92. The standard InChI is InChI=1S/C12H13N2S/c1-8-4-5-10-11(6-8)14-9(2)7-15-12(14)13(10)3/h4-7H,1-3H3/q+1. The van der Waals surface area contributed by atoms with Crippen LogP contribution in [0, 0.1) is 13.8 Å². The molecule has 0 bridgehead atoms. The number of aryl methyl sites for hydroxylation is 3. The summed E-state index contributed by atoms with van der Waals surface area (Å²) in [5.41, 5.74) is 5.24. The lowest BCUT2D eigenvalue weighted by atomic mass is 10.2. The van der Waals surface area contributed by atoms with Crippen LogP contribution in [-0.4, -0.2) is 4.40 Å². The number of hydrogen-bond donors (Lipinski definition) is 0. The number of hydrogen-bond acceptors (Lipinski definition) is 1. The molecule has 15 heavy (non-hydrogen) atoms. The summed E-state index contributed by atoms with van der Waals surface area (Å²) in [6.07, 6.45) is 0. The van der Waals surface area contributed by atoms with Crippen LogP contribution >= 0.6 is 11.3 Å². The third-order valence-corrected chi connectivity index (χ3v) is 4.03. The molecule has 0 amide bonds. The average molecular weight is 217 g/mol. The molecule has 0 unspecified atom stereocenters. The Hall–Kier alpha value is -1.35. The maximum absolute atomic E-state index is 2.33. The zero-order valence-corrected chi connectivity index (χ0v) is 9.93. The van der Waals surface area contributed by atoms with Crippen LogP contribution in [0.2, 0.25) is 0 Å². The Morgan fingerprint density at radius 1 is 1.27 bits per heavy atom. The molecule has 3 rings (SSSR count). The molecule has 1 aromatic carbocycles. The van der Waals surface area contributed by atoms with Crippen molar-refractivity contribution in [1.82, 2.24) is 4.40 Å². The van der Waals surface area contributed by atoms with Crippen molar-refractivity contribution in [2.45, 2.75) is 13.8 Å². The van der Waals surface area contributed by atoms with Crippen LogP contribution in [0.15, 0.2) is 23.6 Å². The van der Waals surface area contributed by atoms with E-state index in [0.29, 0.717) is 0 Å². The largest absolute Gasteiger partial charge is 0.346 e. The van der Waals surface area contributed by atoms with Crippen molar-refractivity contribution < 1.29 is 4.57 Å². The fourth-order valence-electron chi connectivity index (χ4n) is 2.12. The van der Waals surface area contributed by atoms with Crippen LogP contribution in [0.1, 0.15) is 11.3 Å². The average Bonchev–Trinajstić information content (AvgIpc) is 2.70.